The molecule has 2 aromatic rings. The number of amides is 1. The molecule has 7 heteroatoms. The third-order valence-corrected chi connectivity index (χ3v) is 5.67. The molecule has 164 valence electrons. The second-order valence-electron chi connectivity index (χ2n) is 7.88. The lowest BCUT2D eigenvalue weighted by atomic mass is 9.94. The number of ether oxygens (including phenoxy) is 1. The molecular formula is C24H27ClN2O4. The zero-order valence-corrected chi connectivity index (χ0v) is 18.9. The van der Waals surface area contributed by atoms with Crippen LogP contribution in [0, 0.1) is 6.92 Å². The first-order valence-electron chi connectivity index (χ1n) is 10.1. The van der Waals surface area contributed by atoms with E-state index in [-0.39, 0.29) is 11.3 Å². The zero-order valence-electron chi connectivity index (χ0n) is 18.2. The minimum absolute atomic E-state index is 0.0884. The number of likely N-dealkylation sites (tertiary alicyclic amines) is 1. The smallest absolute Gasteiger partial charge is 0.295 e. The van der Waals surface area contributed by atoms with Crippen LogP contribution >= 0.6 is 11.6 Å². The molecule has 0 spiro atoms. The Morgan fingerprint density at radius 1 is 1.16 bits per heavy atom. The minimum atomic E-state index is -0.683. The van der Waals surface area contributed by atoms with E-state index in [1.165, 1.54) is 0 Å². The molecule has 0 aromatic heterocycles. The van der Waals surface area contributed by atoms with Gasteiger partial charge in [0.1, 0.15) is 11.5 Å². The highest BCUT2D eigenvalue weighted by Gasteiger charge is 2.45. The largest absolute Gasteiger partial charge is 0.507 e. The van der Waals surface area contributed by atoms with Crippen LogP contribution in [0.3, 0.4) is 0 Å². The summed E-state index contributed by atoms with van der Waals surface area (Å²) < 4.78 is 5.23. The van der Waals surface area contributed by atoms with Crippen molar-refractivity contribution in [3.05, 3.63) is 69.8 Å². The van der Waals surface area contributed by atoms with E-state index in [0.29, 0.717) is 29.3 Å². The maximum absolute atomic E-state index is 13.0. The van der Waals surface area contributed by atoms with Crippen LogP contribution in [0.5, 0.6) is 5.75 Å². The number of carbonyl (C=O) groups excluding carboxylic acids is 2. The molecule has 0 aliphatic carbocycles. The molecule has 1 aliphatic rings. The van der Waals surface area contributed by atoms with Gasteiger partial charge in [0.25, 0.3) is 11.7 Å². The molecule has 1 atom stereocenters. The first-order valence-corrected chi connectivity index (χ1v) is 10.5. The Bertz CT molecular complexity index is 1010. The first kappa shape index (κ1) is 22.8. The number of Topliss-reactive ketones (excluding diaryl/α,β-unsaturated/α-hetero) is 1. The number of hydrogen-bond acceptors (Lipinski definition) is 5. The summed E-state index contributed by atoms with van der Waals surface area (Å²) in [7, 11) is 5.47. The summed E-state index contributed by atoms with van der Waals surface area (Å²) in [6, 6.07) is 11.5. The fourth-order valence-electron chi connectivity index (χ4n) is 3.83. The van der Waals surface area contributed by atoms with Gasteiger partial charge in [-0.25, -0.2) is 0 Å². The SMILES string of the molecule is COc1ccc(C(O)=C2C(=O)C(=O)N(CCCN(C)C)[C@@H]2c2ccc(Cl)cc2)c(C)c1. The molecule has 1 fully saturated rings. The van der Waals surface area contributed by atoms with E-state index in [1.807, 2.05) is 25.9 Å². The van der Waals surface area contributed by atoms with Crippen molar-refractivity contribution in [3.8, 4) is 5.75 Å². The van der Waals surface area contributed by atoms with Crippen LogP contribution in [0.1, 0.15) is 29.2 Å². The molecule has 0 unspecified atom stereocenters. The number of aliphatic hydroxyl groups is 1. The predicted octanol–water partition coefficient (Wildman–Crippen LogP) is 4.03. The van der Waals surface area contributed by atoms with Crippen molar-refractivity contribution in [2.45, 2.75) is 19.4 Å². The fraction of sp³-hybridized carbons (Fsp3) is 0.333. The van der Waals surface area contributed by atoms with Gasteiger partial charge in [-0.1, -0.05) is 23.7 Å². The molecule has 0 saturated carbocycles. The maximum Gasteiger partial charge on any atom is 0.295 e. The van der Waals surface area contributed by atoms with E-state index in [2.05, 4.69) is 0 Å². The summed E-state index contributed by atoms with van der Waals surface area (Å²) in [5.41, 5.74) is 2.04. The van der Waals surface area contributed by atoms with Crippen LogP contribution in [0.15, 0.2) is 48.0 Å². The molecule has 2 aromatic carbocycles. The van der Waals surface area contributed by atoms with Crippen LogP contribution < -0.4 is 4.74 Å². The molecule has 1 amide bonds. The predicted molar refractivity (Wildman–Crippen MR) is 121 cm³/mol. The topological polar surface area (TPSA) is 70.1 Å². The molecule has 6 nitrogen and oxygen atoms in total. The molecule has 31 heavy (non-hydrogen) atoms. The summed E-state index contributed by atoms with van der Waals surface area (Å²) in [5, 5.41) is 11.7. The van der Waals surface area contributed by atoms with Gasteiger partial charge < -0.3 is 19.6 Å². The molecule has 0 radical (unpaired) electrons. The van der Waals surface area contributed by atoms with Crippen molar-refractivity contribution >= 4 is 29.1 Å². The van der Waals surface area contributed by atoms with Crippen molar-refractivity contribution in [1.29, 1.82) is 0 Å². The van der Waals surface area contributed by atoms with Crippen LogP contribution in [-0.4, -0.2) is 60.9 Å². The summed E-state index contributed by atoms with van der Waals surface area (Å²) in [5.74, 6) is -0.829. The van der Waals surface area contributed by atoms with E-state index in [9.17, 15) is 14.7 Å². The van der Waals surface area contributed by atoms with Gasteiger partial charge in [0.15, 0.2) is 0 Å². The second kappa shape index (κ2) is 9.54. The van der Waals surface area contributed by atoms with E-state index >= 15 is 0 Å². The lowest BCUT2D eigenvalue weighted by Crippen LogP contribution is -2.32. The summed E-state index contributed by atoms with van der Waals surface area (Å²) in [4.78, 5) is 29.5. The van der Waals surface area contributed by atoms with Crippen molar-refractivity contribution in [2.24, 2.45) is 0 Å². The molecule has 0 bridgehead atoms. The normalized spacial score (nSPS) is 18.1. The number of rotatable bonds is 7. The van der Waals surface area contributed by atoms with Crippen LogP contribution in [-0.2, 0) is 9.59 Å². The van der Waals surface area contributed by atoms with E-state index < -0.39 is 17.7 Å². The molecule has 1 saturated heterocycles. The highest BCUT2D eigenvalue weighted by atomic mass is 35.5. The number of nitrogens with zero attached hydrogens (tertiary/aromatic N) is 2. The minimum Gasteiger partial charge on any atom is -0.507 e. The Morgan fingerprint density at radius 2 is 1.84 bits per heavy atom. The lowest BCUT2D eigenvalue weighted by Gasteiger charge is -2.26. The number of hydrogen-bond donors (Lipinski definition) is 1. The van der Waals surface area contributed by atoms with Gasteiger partial charge in [-0.3, -0.25) is 9.59 Å². The zero-order chi connectivity index (χ0) is 22.7. The Morgan fingerprint density at radius 3 is 2.42 bits per heavy atom. The van der Waals surface area contributed by atoms with E-state index in [1.54, 1.807) is 54.5 Å². The first-order chi connectivity index (χ1) is 14.7. The Balaban J connectivity index is 2.11. The molecule has 1 heterocycles. The number of aliphatic hydroxyl groups excluding tert-OH is 1. The summed E-state index contributed by atoms with van der Waals surface area (Å²) >= 11 is 6.05. The van der Waals surface area contributed by atoms with Crippen molar-refractivity contribution in [1.82, 2.24) is 9.80 Å². The third-order valence-electron chi connectivity index (χ3n) is 5.42. The quantitative estimate of drug-likeness (QED) is 0.398. The van der Waals surface area contributed by atoms with Gasteiger partial charge in [0, 0.05) is 17.1 Å². The van der Waals surface area contributed by atoms with Gasteiger partial charge in [0.05, 0.1) is 18.7 Å². The second-order valence-corrected chi connectivity index (χ2v) is 8.32. The Kier molecular flexibility index (Phi) is 7.03. The average Bonchev–Trinajstić information content (AvgIpc) is 2.98. The number of methoxy groups -OCH3 is 1. The number of carbonyl (C=O) groups is 2. The van der Waals surface area contributed by atoms with E-state index in [4.69, 9.17) is 16.3 Å². The average molecular weight is 443 g/mol. The third kappa shape index (κ3) is 4.75. The summed E-state index contributed by atoms with van der Waals surface area (Å²) in [6.07, 6.45) is 0.700. The van der Waals surface area contributed by atoms with Crippen LogP contribution in [0.2, 0.25) is 5.02 Å². The van der Waals surface area contributed by atoms with Gasteiger partial charge >= 0.3 is 0 Å². The Labute approximate surface area is 187 Å². The van der Waals surface area contributed by atoms with Crippen molar-refractivity contribution < 1.29 is 19.4 Å². The van der Waals surface area contributed by atoms with Crippen molar-refractivity contribution in [2.75, 3.05) is 34.3 Å². The van der Waals surface area contributed by atoms with Gasteiger partial charge in [-0.2, -0.15) is 0 Å². The molecular weight excluding hydrogens is 416 g/mol. The number of benzene rings is 2. The van der Waals surface area contributed by atoms with Crippen molar-refractivity contribution in [3.63, 3.8) is 0 Å². The Hall–Kier alpha value is -2.83. The monoisotopic (exact) mass is 442 g/mol. The number of aryl methyl sites for hydroxylation is 1. The fourth-order valence-corrected chi connectivity index (χ4v) is 3.96. The standard InChI is InChI=1S/C24H27ClN2O4/c1-15-14-18(31-4)10-11-19(15)22(28)20-21(16-6-8-17(25)9-7-16)27(24(30)23(20)29)13-5-12-26(2)3/h6-11,14,21,28H,5,12-13H2,1-4H3/t21-/m1/s1. The molecule has 3 rings (SSSR count). The van der Waals surface area contributed by atoms with Gasteiger partial charge in [-0.15, -0.1) is 0 Å². The van der Waals surface area contributed by atoms with Crippen LogP contribution in [0.4, 0.5) is 0 Å². The summed E-state index contributed by atoms with van der Waals surface area (Å²) in [6.45, 7) is 2.99. The van der Waals surface area contributed by atoms with Crippen LogP contribution in [0.25, 0.3) is 5.76 Å². The maximum atomic E-state index is 13.0. The van der Waals surface area contributed by atoms with Gasteiger partial charge in [-0.05, 0) is 75.4 Å². The number of ketones is 1. The lowest BCUT2D eigenvalue weighted by molar-refractivity contribution is -0.139. The van der Waals surface area contributed by atoms with Gasteiger partial charge in [0.2, 0.25) is 0 Å². The molecule has 1 aliphatic heterocycles. The number of halogens is 1. The highest BCUT2D eigenvalue weighted by Crippen LogP contribution is 2.40. The molecule has 1 N–H and O–H groups in total. The highest BCUT2D eigenvalue weighted by molar-refractivity contribution is 6.46. The van der Waals surface area contributed by atoms with E-state index in [0.717, 1.165) is 17.7 Å².